The SMILES string of the molecule is CCc1cccnc1CNC(C)c1cc(C)ccc1OC. The predicted molar refractivity (Wildman–Crippen MR) is 86.6 cm³/mol. The van der Waals surface area contributed by atoms with Crippen molar-refractivity contribution < 1.29 is 4.74 Å². The van der Waals surface area contributed by atoms with Crippen LogP contribution >= 0.6 is 0 Å². The van der Waals surface area contributed by atoms with E-state index in [0.29, 0.717) is 0 Å². The number of benzene rings is 1. The first-order valence-electron chi connectivity index (χ1n) is 7.46. The van der Waals surface area contributed by atoms with Crippen molar-refractivity contribution in [2.75, 3.05) is 7.11 Å². The molecule has 21 heavy (non-hydrogen) atoms. The fourth-order valence-corrected chi connectivity index (χ4v) is 2.50. The molecular formula is C18H24N2O. The Hall–Kier alpha value is -1.87. The van der Waals surface area contributed by atoms with E-state index in [1.165, 1.54) is 16.7 Å². The van der Waals surface area contributed by atoms with Crippen LogP contribution in [0.3, 0.4) is 0 Å². The molecule has 0 saturated carbocycles. The lowest BCUT2D eigenvalue weighted by atomic mass is 10.0. The minimum Gasteiger partial charge on any atom is -0.496 e. The Labute approximate surface area is 127 Å². The molecule has 0 spiro atoms. The van der Waals surface area contributed by atoms with Crippen molar-refractivity contribution in [2.45, 2.75) is 39.8 Å². The van der Waals surface area contributed by atoms with Gasteiger partial charge < -0.3 is 10.1 Å². The highest BCUT2D eigenvalue weighted by Gasteiger charge is 2.12. The number of hydrogen-bond acceptors (Lipinski definition) is 3. The zero-order valence-corrected chi connectivity index (χ0v) is 13.3. The minimum atomic E-state index is 0.214. The second kappa shape index (κ2) is 7.23. The highest BCUT2D eigenvalue weighted by molar-refractivity contribution is 5.39. The molecule has 0 aliphatic rings. The maximum Gasteiger partial charge on any atom is 0.123 e. The zero-order chi connectivity index (χ0) is 15.2. The number of hydrogen-bond donors (Lipinski definition) is 1. The number of aromatic nitrogens is 1. The fourth-order valence-electron chi connectivity index (χ4n) is 2.50. The van der Waals surface area contributed by atoms with Crippen LogP contribution in [0, 0.1) is 6.92 Å². The van der Waals surface area contributed by atoms with Crippen LogP contribution in [0.4, 0.5) is 0 Å². The Balaban J connectivity index is 2.11. The van der Waals surface area contributed by atoms with Crippen molar-refractivity contribution in [3.8, 4) is 5.75 Å². The van der Waals surface area contributed by atoms with Gasteiger partial charge in [0.1, 0.15) is 5.75 Å². The van der Waals surface area contributed by atoms with Gasteiger partial charge in [-0.15, -0.1) is 0 Å². The van der Waals surface area contributed by atoms with E-state index in [4.69, 9.17) is 4.74 Å². The van der Waals surface area contributed by atoms with Gasteiger partial charge in [-0.05, 0) is 38.0 Å². The maximum absolute atomic E-state index is 5.46. The molecule has 0 amide bonds. The zero-order valence-electron chi connectivity index (χ0n) is 13.3. The van der Waals surface area contributed by atoms with E-state index < -0.39 is 0 Å². The molecule has 0 saturated heterocycles. The first-order valence-corrected chi connectivity index (χ1v) is 7.46. The summed E-state index contributed by atoms with van der Waals surface area (Å²) >= 11 is 0. The molecule has 0 radical (unpaired) electrons. The molecular weight excluding hydrogens is 260 g/mol. The quantitative estimate of drug-likeness (QED) is 0.876. The maximum atomic E-state index is 5.46. The molecule has 0 bridgehead atoms. The summed E-state index contributed by atoms with van der Waals surface area (Å²) < 4.78 is 5.46. The molecule has 3 nitrogen and oxygen atoms in total. The second-order valence-electron chi connectivity index (χ2n) is 5.31. The third-order valence-electron chi connectivity index (χ3n) is 3.79. The lowest BCUT2D eigenvalue weighted by Crippen LogP contribution is -2.20. The van der Waals surface area contributed by atoms with Gasteiger partial charge in [0, 0.05) is 24.3 Å². The number of aryl methyl sites for hydroxylation is 2. The van der Waals surface area contributed by atoms with Gasteiger partial charge in [-0.2, -0.15) is 0 Å². The van der Waals surface area contributed by atoms with Gasteiger partial charge in [-0.25, -0.2) is 0 Å². The lowest BCUT2D eigenvalue weighted by Gasteiger charge is -2.18. The van der Waals surface area contributed by atoms with Crippen LogP contribution in [-0.4, -0.2) is 12.1 Å². The highest BCUT2D eigenvalue weighted by Crippen LogP contribution is 2.26. The van der Waals surface area contributed by atoms with E-state index in [9.17, 15) is 0 Å². The van der Waals surface area contributed by atoms with Crippen molar-refractivity contribution in [1.29, 1.82) is 0 Å². The van der Waals surface area contributed by atoms with Gasteiger partial charge in [0.25, 0.3) is 0 Å². The highest BCUT2D eigenvalue weighted by atomic mass is 16.5. The number of pyridine rings is 1. The van der Waals surface area contributed by atoms with Crippen LogP contribution in [0.2, 0.25) is 0 Å². The fraction of sp³-hybridized carbons (Fsp3) is 0.389. The summed E-state index contributed by atoms with van der Waals surface area (Å²) in [5.74, 6) is 0.928. The summed E-state index contributed by atoms with van der Waals surface area (Å²) in [6.45, 7) is 7.19. The first-order chi connectivity index (χ1) is 10.2. The van der Waals surface area contributed by atoms with E-state index in [2.05, 4.69) is 49.3 Å². The van der Waals surface area contributed by atoms with Crippen LogP contribution in [0.15, 0.2) is 36.5 Å². The first kappa shape index (κ1) is 15.5. The summed E-state index contributed by atoms with van der Waals surface area (Å²) in [7, 11) is 1.72. The Morgan fingerprint density at radius 3 is 2.81 bits per heavy atom. The Morgan fingerprint density at radius 2 is 2.10 bits per heavy atom. The minimum absolute atomic E-state index is 0.214. The van der Waals surface area contributed by atoms with E-state index in [1.54, 1.807) is 7.11 Å². The topological polar surface area (TPSA) is 34.2 Å². The monoisotopic (exact) mass is 284 g/mol. The summed E-state index contributed by atoms with van der Waals surface area (Å²) in [5.41, 5.74) is 4.85. The van der Waals surface area contributed by atoms with Crippen LogP contribution in [0.5, 0.6) is 5.75 Å². The number of methoxy groups -OCH3 is 1. The van der Waals surface area contributed by atoms with E-state index in [0.717, 1.165) is 24.4 Å². The molecule has 1 N–H and O–H groups in total. The Bertz CT molecular complexity index is 596. The molecule has 1 unspecified atom stereocenters. The number of nitrogens with one attached hydrogen (secondary N) is 1. The molecule has 3 heteroatoms. The van der Waals surface area contributed by atoms with E-state index in [-0.39, 0.29) is 6.04 Å². The van der Waals surface area contributed by atoms with E-state index in [1.807, 2.05) is 18.3 Å². The van der Waals surface area contributed by atoms with Crippen molar-refractivity contribution >= 4 is 0 Å². The largest absolute Gasteiger partial charge is 0.496 e. The molecule has 112 valence electrons. The van der Waals surface area contributed by atoms with E-state index >= 15 is 0 Å². The van der Waals surface area contributed by atoms with Crippen LogP contribution < -0.4 is 10.1 Å². The van der Waals surface area contributed by atoms with Crippen LogP contribution in [0.25, 0.3) is 0 Å². The third-order valence-corrected chi connectivity index (χ3v) is 3.79. The molecule has 1 aromatic heterocycles. The van der Waals surface area contributed by atoms with Crippen molar-refractivity contribution in [3.05, 3.63) is 58.9 Å². The lowest BCUT2D eigenvalue weighted by molar-refractivity contribution is 0.401. The van der Waals surface area contributed by atoms with Gasteiger partial charge in [0.2, 0.25) is 0 Å². The molecule has 1 heterocycles. The number of rotatable bonds is 6. The second-order valence-corrected chi connectivity index (χ2v) is 5.31. The van der Waals surface area contributed by atoms with Gasteiger partial charge >= 0.3 is 0 Å². The summed E-state index contributed by atoms with van der Waals surface area (Å²) in [6, 6.07) is 10.6. The standard InChI is InChI=1S/C18H24N2O/c1-5-15-7-6-10-19-17(15)12-20-14(3)16-11-13(2)8-9-18(16)21-4/h6-11,14,20H,5,12H2,1-4H3. The van der Waals surface area contributed by atoms with Gasteiger partial charge in [-0.1, -0.05) is 30.7 Å². The summed E-state index contributed by atoms with van der Waals surface area (Å²) in [5, 5.41) is 3.55. The molecule has 0 aliphatic carbocycles. The van der Waals surface area contributed by atoms with Crippen molar-refractivity contribution in [2.24, 2.45) is 0 Å². The molecule has 2 rings (SSSR count). The number of nitrogens with zero attached hydrogens (tertiary/aromatic N) is 1. The third kappa shape index (κ3) is 3.82. The Morgan fingerprint density at radius 1 is 1.29 bits per heavy atom. The van der Waals surface area contributed by atoms with Gasteiger partial charge in [-0.3, -0.25) is 4.98 Å². The average Bonchev–Trinajstić information content (AvgIpc) is 2.52. The van der Waals surface area contributed by atoms with Crippen molar-refractivity contribution in [3.63, 3.8) is 0 Å². The summed E-state index contributed by atoms with van der Waals surface area (Å²) in [4.78, 5) is 4.48. The molecule has 1 aromatic carbocycles. The van der Waals surface area contributed by atoms with Crippen LogP contribution in [0.1, 0.15) is 42.3 Å². The average molecular weight is 284 g/mol. The predicted octanol–water partition coefficient (Wildman–Crippen LogP) is 3.81. The van der Waals surface area contributed by atoms with Crippen LogP contribution in [-0.2, 0) is 13.0 Å². The Kier molecular flexibility index (Phi) is 5.34. The van der Waals surface area contributed by atoms with Crippen molar-refractivity contribution in [1.82, 2.24) is 10.3 Å². The summed E-state index contributed by atoms with van der Waals surface area (Å²) in [6.07, 6.45) is 2.86. The smallest absolute Gasteiger partial charge is 0.123 e. The normalized spacial score (nSPS) is 12.2. The number of ether oxygens (including phenoxy) is 1. The van der Waals surface area contributed by atoms with Gasteiger partial charge in [0.15, 0.2) is 0 Å². The molecule has 1 atom stereocenters. The van der Waals surface area contributed by atoms with Gasteiger partial charge in [0.05, 0.1) is 12.8 Å². The molecule has 2 aromatic rings. The molecule has 0 fully saturated rings. The molecule has 0 aliphatic heterocycles.